The Bertz CT molecular complexity index is 710. The van der Waals surface area contributed by atoms with Crippen LogP contribution in [0.1, 0.15) is 27.6 Å². The Labute approximate surface area is 106 Å². The highest BCUT2D eigenvalue weighted by atomic mass is 32.1. The number of aromatic amines is 2. The molecule has 0 bridgehead atoms. The normalized spacial score (nSPS) is 10.5. The van der Waals surface area contributed by atoms with Gasteiger partial charge in [0.25, 0.3) is 5.56 Å². The van der Waals surface area contributed by atoms with Crippen LogP contribution in [-0.2, 0) is 6.42 Å². The summed E-state index contributed by atoms with van der Waals surface area (Å²) in [6, 6.07) is 2.89. The van der Waals surface area contributed by atoms with Gasteiger partial charge in [-0.1, -0.05) is 0 Å². The van der Waals surface area contributed by atoms with Crippen LogP contribution in [0, 0.1) is 11.7 Å². The largest absolute Gasteiger partial charge is 0.475 e. The smallest absolute Gasteiger partial charge is 0.371 e. The standard InChI is InChI=1S/C11H10N2O4S/c1-5-7(9(14)13-11(18)12-5)4-6-2-3-8(17-6)10(15)16/h2-3H,4H2,1H3,(H,15,16)(H2,12,13,14,18). The molecule has 18 heavy (non-hydrogen) atoms. The maximum Gasteiger partial charge on any atom is 0.371 e. The summed E-state index contributed by atoms with van der Waals surface area (Å²) < 4.78 is 5.35. The molecule has 0 unspecified atom stereocenters. The summed E-state index contributed by atoms with van der Waals surface area (Å²) >= 11 is 4.84. The first-order valence-corrected chi connectivity index (χ1v) is 5.52. The van der Waals surface area contributed by atoms with Crippen molar-refractivity contribution in [3.05, 3.63) is 50.0 Å². The van der Waals surface area contributed by atoms with Gasteiger partial charge in [0.15, 0.2) is 4.77 Å². The molecule has 2 aromatic rings. The van der Waals surface area contributed by atoms with E-state index in [1.54, 1.807) is 6.92 Å². The number of hydrogen-bond donors (Lipinski definition) is 3. The fourth-order valence-electron chi connectivity index (χ4n) is 1.60. The Morgan fingerprint density at radius 3 is 2.72 bits per heavy atom. The highest BCUT2D eigenvalue weighted by Gasteiger charge is 2.12. The molecule has 0 spiro atoms. The lowest BCUT2D eigenvalue weighted by Gasteiger charge is -2.02. The first-order valence-electron chi connectivity index (χ1n) is 5.11. The molecule has 0 saturated carbocycles. The Kier molecular flexibility index (Phi) is 3.15. The number of carboxylic acid groups (broad SMARTS) is 1. The number of aryl methyl sites for hydroxylation is 1. The van der Waals surface area contributed by atoms with Gasteiger partial charge in [-0.3, -0.25) is 9.78 Å². The van der Waals surface area contributed by atoms with Crippen molar-refractivity contribution < 1.29 is 14.3 Å². The lowest BCUT2D eigenvalue weighted by atomic mass is 10.1. The van der Waals surface area contributed by atoms with E-state index in [0.29, 0.717) is 17.0 Å². The number of carbonyl (C=O) groups is 1. The summed E-state index contributed by atoms with van der Waals surface area (Å²) in [6.45, 7) is 1.72. The quantitative estimate of drug-likeness (QED) is 0.733. The molecule has 0 amide bonds. The minimum Gasteiger partial charge on any atom is -0.475 e. The van der Waals surface area contributed by atoms with Crippen molar-refractivity contribution in [3.8, 4) is 0 Å². The molecule has 6 nitrogen and oxygen atoms in total. The molecule has 3 N–H and O–H groups in total. The molecule has 0 aliphatic heterocycles. The Morgan fingerprint density at radius 1 is 1.44 bits per heavy atom. The summed E-state index contributed by atoms with van der Waals surface area (Å²) in [5.41, 5.74) is 0.802. The van der Waals surface area contributed by atoms with Crippen LogP contribution in [0.25, 0.3) is 0 Å². The van der Waals surface area contributed by atoms with Gasteiger partial charge in [-0.05, 0) is 31.3 Å². The van der Waals surface area contributed by atoms with Crippen molar-refractivity contribution in [2.75, 3.05) is 0 Å². The van der Waals surface area contributed by atoms with Crippen molar-refractivity contribution in [2.24, 2.45) is 0 Å². The van der Waals surface area contributed by atoms with E-state index in [2.05, 4.69) is 9.97 Å². The van der Waals surface area contributed by atoms with E-state index in [9.17, 15) is 9.59 Å². The van der Waals surface area contributed by atoms with Crippen LogP contribution in [-0.4, -0.2) is 21.0 Å². The van der Waals surface area contributed by atoms with Gasteiger partial charge in [0.05, 0.1) is 0 Å². The van der Waals surface area contributed by atoms with E-state index in [1.165, 1.54) is 12.1 Å². The van der Waals surface area contributed by atoms with Gasteiger partial charge in [-0.15, -0.1) is 0 Å². The number of carboxylic acids is 1. The lowest BCUT2D eigenvalue weighted by Crippen LogP contribution is -2.16. The van der Waals surface area contributed by atoms with E-state index >= 15 is 0 Å². The topological polar surface area (TPSA) is 99.1 Å². The molecule has 0 atom stereocenters. The molecule has 2 rings (SSSR count). The fraction of sp³-hybridized carbons (Fsp3) is 0.182. The zero-order valence-electron chi connectivity index (χ0n) is 9.44. The molecule has 0 saturated heterocycles. The maximum atomic E-state index is 11.7. The van der Waals surface area contributed by atoms with Crippen LogP contribution in [0.5, 0.6) is 0 Å². The van der Waals surface area contributed by atoms with Crippen molar-refractivity contribution in [2.45, 2.75) is 13.3 Å². The molecular formula is C11H10N2O4S. The molecule has 0 fully saturated rings. The van der Waals surface area contributed by atoms with Crippen molar-refractivity contribution in [3.63, 3.8) is 0 Å². The number of H-pyrrole nitrogens is 2. The number of aromatic nitrogens is 2. The van der Waals surface area contributed by atoms with Gasteiger partial charge in [0, 0.05) is 17.7 Å². The molecule has 2 heterocycles. The number of aromatic carboxylic acids is 1. The monoisotopic (exact) mass is 266 g/mol. The van der Waals surface area contributed by atoms with E-state index in [0.717, 1.165) is 0 Å². The van der Waals surface area contributed by atoms with E-state index < -0.39 is 5.97 Å². The molecule has 0 aromatic carbocycles. The van der Waals surface area contributed by atoms with Crippen molar-refractivity contribution in [1.29, 1.82) is 0 Å². The minimum atomic E-state index is -1.14. The van der Waals surface area contributed by atoms with Gasteiger partial charge in [-0.25, -0.2) is 4.79 Å². The van der Waals surface area contributed by atoms with Gasteiger partial charge in [-0.2, -0.15) is 0 Å². The van der Waals surface area contributed by atoms with Gasteiger partial charge < -0.3 is 14.5 Å². The summed E-state index contributed by atoms with van der Waals surface area (Å²) in [7, 11) is 0. The SMILES string of the molecule is Cc1[nH]c(=S)[nH]c(=O)c1Cc1ccc(C(=O)O)o1. The second kappa shape index (κ2) is 4.61. The molecule has 0 radical (unpaired) electrons. The van der Waals surface area contributed by atoms with Gasteiger partial charge in [0.2, 0.25) is 5.76 Å². The zero-order chi connectivity index (χ0) is 13.3. The van der Waals surface area contributed by atoms with E-state index in [1.807, 2.05) is 0 Å². The fourth-order valence-corrected chi connectivity index (χ4v) is 1.85. The predicted molar refractivity (Wildman–Crippen MR) is 65.5 cm³/mol. The molecule has 2 aromatic heterocycles. The number of nitrogens with one attached hydrogen (secondary N) is 2. The first-order chi connectivity index (χ1) is 8.47. The van der Waals surface area contributed by atoms with Crippen LogP contribution < -0.4 is 5.56 Å². The minimum absolute atomic E-state index is 0.150. The van der Waals surface area contributed by atoms with Crippen LogP contribution in [0.3, 0.4) is 0 Å². The second-order valence-corrected chi connectivity index (χ2v) is 4.17. The summed E-state index contributed by atoms with van der Waals surface area (Å²) in [6.07, 6.45) is 0.209. The van der Waals surface area contributed by atoms with Gasteiger partial charge in [0.1, 0.15) is 5.76 Å². The average Bonchev–Trinajstić information content (AvgIpc) is 2.71. The number of furan rings is 1. The van der Waals surface area contributed by atoms with E-state index in [-0.39, 0.29) is 22.5 Å². The third-order valence-corrected chi connectivity index (χ3v) is 2.68. The van der Waals surface area contributed by atoms with Crippen LogP contribution >= 0.6 is 12.2 Å². The average molecular weight is 266 g/mol. The summed E-state index contributed by atoms with van der Waals surface area (Å²) in [4.78, 5) is 27.7. The summed E-state index contributed by atoms with van der Waals surface area (Å²) in [5.74, 6) is -0.881. The zero-order valence-corrected chi connectivity index (χ0v) is 10.3. The third kappa shape index (κ3) is 2.40. The number of hydrogen-bond acceptors (Lipinski definition) is 4. The highest BCUT2D eigenvalue weighted by Crippen LogP contribution is 2.12. The van der Waals surface area contributed by atoms with Crippen LogP contribution in [0.2, 0.25) is 0 Å². The predicted octanol–water partition coefficient (Wildman–Crippen LogP) is 1.62. The molecule has 0 aliphatic rings. The number of rotatable bonds is 3. The Morgan fingerprint density at radius 2 is 2.17 bits per heavy atom. The van der Waals surface area contributed by atoms with Crippen LogP contribution in [0.4, 0.5) is 0 Å². The molecule has 94 valence electrons. The molecule has 0 aliphatic carbocycles. The van der Waals surface area contributed by atoms with Crippen LogP contribution in [0.15, 0.2) is 21.3 Å². The Hall–Kier alpha value is -2.15. The second-order valence-electron chi connectivity index (χ2n) is 3.76. The molecule has 7 heteroatoms. The lowest BCUT2D eigenvalue weighted by molar-refractivity contribution is 0.0660. The maximum absolute atomic E-state index is 11.7. The summed E-state index contributed by atoms with van der Waals surface area (Å²) in [5, 5.41) is 8.73. The van der Waals surface area contributed by atoms with Crippen molar-refractivity contribution >= 4 is 18.2 Å². The first kappa shape index (κ1) is 12.3. The Balaban J connectivity index is 2.37. The molecular weight excluding hydrogens is 256 g/mol. The van der Waals surface area contributed by atoms with Crippen molar-refractivity contribution in [1.82, 2.24) is 9.97 Å². The van der Waals surface area contributed by atoms with E-state index in [4.69, 9.17) is 21.7 Å². The highest BCUT2D eigenvalue weighted by molar-refractivity contribution is 7.71. The van der Waals surface area contributed by atoms with Gasteiger partial charge >= 0.3 is 5.97 Å². The third-order valence-electron chi connectivity index (χ3n) is 2.48.